The molecule has 3 aromatic heterocycles. The highest BCUT2D eigenvalue weighted by atomic mass is 32.1. The van der Waals surface area contributed by atoms with Crippen LogP contribution in [0.5, 0.6) is 0 Å². The maximum absolute atomic E-state index is 13.1. The summed E-state index contributed by atoms with van der Waals surface area (Å²) in [5, 5.41) is 3.90. The molecule has 0 bridgehead atoms. The summed E-state index contributed by atoms with van der Waals surface area (Å²) in [5.74, 6) is -0.452. The minimum absolute atomic E-state index is 0.162. The van der Waals surface area contributed by atoms with Crippen molar-refractivity contribution >= 4 is 27.5 Å². The predicted molar refractivity (Wildman–Crippen MR) is 106 cm³/mol. The number of aromatic nitrogens is 2. The highest BCUT2D eigenvalue weighted by Crippen LogP contribution is 2.34. The molecule has 6 heteroatoms. The average Bonchev–Trinajstić information content (AvgIpc) is 3.20. The molecule has 0 spiro atoms. The smallest absolute Gasteiger partial charge is 0.263 e. The number of aryl methyl sites for hydroxylation is 2. The molecule has 1 aromatic carbocycles. The number of pyridine rings is 1. The van der Waals surface area contributed by atoms with Crippen LogP contribution in [0.1, 0.15) is 26.6 Å². The number of carbonyl (C=O) groups excluding carboxylic acids is 1. The lowest BCUT2D eigenvalue weighted by Gasteiger charge is -2.12. The molecule has 27 heavy (non-hydrogen) atoms. The molecule has 1 amide bonds. The van der Waals surface area contributed by atoms with E-state index in [1.807, 2.05) is 38.1 Å². The van der Waals surface area contributed by atoms with E-state index in [1.54, 1.807) is 18.3 Å². The average molecular weight is 379 g/mol. The van der Waals surface area contributed by atoms with Gasteiger partial charge in [0.25, 0.3) is 5.91 Å². The highest BCUT2D eigenvalue weighted by molar-refractivity contribution is 7.21. The second-order valence-corrected chi connectivity index (χ2v) is 7.40. The third-order valence-electron chi connectivity index (χ3n) is 4.51. The molecule has 0 aliphatic heterocycles. The Morgan fingerprint density at radius 3 is 2.52 bits per heavy atom. The van der Waals surface area contributed by atoms with Gasteiger partial charge in [-0.05, 0) is 55.8 Å². The molecule has 0 fully saturated rings. The van der Waals surface area contributed by atoms with Crippen LogP contribution in [0.4, 0.5) is 4.39 Å². The lowest BCUT2D eigenvalue weighted by Crippen LogP contribution is -2.23. The quantitative estimate of drug-likeness (QED) is 0.555. The standard InChI is InChI=1S/C21H18FN3OS/c1-13-5-6-14(2)25(13)18-17-4-3-11-23-21(17)27-19(18)20(26)24-12-15-7-9-16(22)10-8-15/h3-11H,12H2,1-2H3,(H,24,26). The van der Waals surface area contributed by atoms with E-state index in [2.05, 4.69) is 14.9 Å². The van der Waals surface area contributed by atoms with Gasteiger partial charge in [-0.1, -0.05) is 12.1 Å². The first-order valence-corrected chi connectivity index (χ1v) is 9.41. The molecule has 0 saturated carbocycles. The van der Waals surface area contributed by atoms with Crippen LogP contribution in [0.3, 0.4) is 0 Å². The Kier molecular flexibility index (Phi) is 4.49. The van der Waals surface area contributed by atoms with Crippen molar-refractivity contribution < 1.29 is 9.18 Å². The fourth-order valence-corrected chi connectivity index (χ4v) is 4.23. The van der Waals surface area contributed by atoms with Gasteiger partial charge in [0.15, 0.2) is 0 Å². The van der Waals surface area contributed by atoms with E-state index in [9.17, 15) is 9.18 Å². The largest absolute Gasteiger partial charge is 0.347 e. The van der Waals surface area contributed by atoms with Gasteiger partial charge in [-0.15, -0.1) is 11.3 Å². The minimum Gasteiger partial charge on any atom is -0.347 e. The number of fused-ring (bicyclic) bond motifs is 1. The first kappa shape index (κ1) is 17.4. The molecule has 3 heterocycles. The first-order valence-electron chi connectivity index (χ1n) is 8.60. The van der Waals surface area contributed by atoms with Crippen LogP contribution in [0.2, 0.25) is 0 Å². The van der Waals surface area contributed by atoms with Gasteiger partial charge in [0.05, 0.1) is 5.69 Å². The predicted octanol–water partition coefficient (Wildman–Crippen LogP) is 4.77. The van der Waals surface area contributed by atoms with E-state index in [4.69, 9.17) is 0 Å². The Bertz CT molecular complexity index is 1110. The number of amides is 1. The van der Waals surface area contributed by atoms with Crippen LogP contribution in [0.25, 0.3) is 15.9 Å². The van der Waals surface area contributed by atoms with Gasteiger partial charge < -0.3 is 9.88 Å². The van der Waals surface area contributed by atoms with E-state index >= 15 is 0 Å². The molecule has 4 aromatic rings. The van der Waals surface area contributed by atoms with Gasteiger partial charge in [-0.3, -0.25) is 4.79 Å². The Hall–Kier alpha value is -2.99. The zero-order valence-electron chi connectivity index (χ0n) is 15.0. The van der Waals surface area contributed by atoms with Gasteiger partial charge in [0.1, 0.15) is 15.5 Å². The Labute approximate surface area is 160 Å². The van der Waals surface area contributed by atoms with E-state index in [-0.39, 0.29) is 11.7 Å². The van der Waals surface area contributed by atoms with Crippen molar-refractivity contribution in [2.24, 2.45) is 0 Å². The topological polar surface area (TPSA) is 46.9 Å². The van der Waals surface area contributed by atoms with Crippen molar-refractivity contribution in [2.45, 2.75) is 20.4 Å². The molecule has 0 atom stereocenters. The van der Waals surface area contributed by atoms with Crippen LogP contribution in [-0.4, -0.2) is 15.5 Å². The van der Waals surface area contributed by atoms with Crippen molar-refractivity contribution in [1.82, 2.24) is 14.9 Å². The summed E-state index contributed by atoms with van der Waals surface area (Å²) >= 11 is 1.38. The summed E-state index contributed by atoms with van der Waals surface area (Å²) in [6, 6.07) is 14.1. The maximum atomic E-state index is 13.1. The van der Waals surface area contributed by atoms with Crippen molar-refractivity contribution in [3.05, 3.63) is 82.4 Å². The molecular weight excluding hydrogens is 361 g/mol. The molecular formula is C21H18FN3OS. The van der Waals surface area contributed by atoms with Crippen molar-refractivity contribution in [3.8, 4) is 5.69 Å². The highest BCUT2D eigenvalue weighted by Gasteiger charge is 2.22. The molecule has 0 aliphatic rings. The zero-order valence-corrected chi connectivity index (χ0v) is 15.8. The van der Waals surface area contributed by atoms with Crippen LogP contribution in [-0.2, 0) is 6.54 Å². The number of hydrogen-bond acceptors (Lipinski definition) is 3. The van der Waals surface area contributed by atoms with Crippen LogP contribution in [0.15, 0.2) is 54.7 Å². The normalized spacial score (nSPS) is 11.1. The number of nitrogens with zero attached hydrogens (tertiary/aromatic N) is 2. The lowest BCUT2D eigenvalue weighted by atomic mass is 10.2. The number of nitrogens with one attached hydrogen (secondary N) is 1. The summed E-state index contributed by atoms with van der Waals surface area (Å²) in [6.45, 7) is 4.38. The molecule has 0 saturated heterocycles. The van der Waals surface area contributed by atoms with Crippen molar-refractivity contribution in [2.75, 3.05) is 0 Å². The second-order valence-electron chi connectivity index (χ2n) is 6.40. The van der Waals surface area contributed by atoms with E-state index < -0.39 is 0 Å². The zero-order chi connectivity index (χ0) is 19.0. The van der Waals surface area contributed by atoms with Crippen LogP contribution in [0, 0.1) is 19.7 Å². The van der Waals surface area contributed by atoms with Crippen LogP contribution >= 0.6 is 11.3 Å². The molecule has 0 radical (unpaired) electrons. The van der Waals surface area contributed by atoms with E-state index in [0.29, 0.717) is 11.4 Å². The van der Waals surface area contributed by atoms with E-state index in [0.717, 1.165) is 32.9 Å². The SMILES string of the molecule is Cc1ccc(C)n1-c1c(C(=O)NCc2ccc(F)cc2)sc2ncccc12. The van der Waals surface area contributed by atoms with Gasteiger partial charge in [0.2, 0.25) is 0 Å². The Balaban J connectivity index is 1.73. The third-order valence-corrected chi connectivity index (χ3v) is 5.61. The number of carbonyl (C=O) groups is 1. The minimum atomic E-state index is -0.290. The van der Waals surface area contributed by atoms with Gasteiger partial charge in [-0.25, -0.2) is 9.37 Å². The van der Waals surface area contributed by atoms with Crippen LogP contribution < -0.4 is 5.32 Å². The second kappa shape index (κ2) is 6.96. The van der Waals surface area contributed by atoms with Crippen molar-refractivity contribution in [3.63, 3.8) is 0 Å². The number of rotatable bonds is 4. The molecule has 0 unspecified atom stereocenters. The number of thiophene rings is 1. The monoisotopic (exact) mass is 379 g/mol. The number of hydrogen-bond donors (Lipinski definition) is 1. The van der Waals surface area contributed by atoms with Gasteiger partial charge in [0, 0.05) is 29.5 Å². The Morgan fingerprint density at radius 2 is 1.81 bits per heavy atom. The molecule has 4 rings (SSSR count). The molecule has 4 nitrogen and oxygen atoms in total. The first-order chi connectivity index (χ1) is 13.0. The number of benzene rings is 1. The van der Waals surface area contributed by atoms with Crippen molar-refractivity contribution in [1.29, 1.82) is 0 Å². The summed E-state index contributed by atoms with van der Waals surface area (Å²) in [6.07, 6.45) is 1.73. The maximum Gasteiger partial charge on any atom is 0.263 e. The fraction of sp³-hybridized carbons (Fsp3) is 0.143. The van der Waals surface area contributed by atoms with Gasteiger partial charge >= 0.3 is 0 Å². The third kappa shape index (κ3) is 3.24. The fourth-order valence-electron chi connectivity index (χ4n) is 3.18. The molecule has 0 aliphatic carbocycles. The summed E-state index contributed by atoms with van der Waals surface area (Å²) in [5.41, 5.74) is 3.82. The van der Waals surface area contributed by atoms with E-state index in [1.165, 1.54) is 23.5 Å². The number of halogens is 1. The summed E-state index contributed by atoms with van der Waals surface area (Å²) in [7, 11) is 0. The summed E-state index contributed by atoms with van der Waals surface area (Å²) in [4.78, 5) is 18.8. The molecule has 136 valence electrons. The van der Waals surface area contributed by atoms with Gasteiger partial charge in [-0.2, -0.15) is 0 Å². The molecule has 1 N–H and O–H groups in total. The summed E-state index contributed by atoms with van der Waals surface area (Å²) < 4.78 is 15.1. The lowest BCUT2D eigenvalue weighted by molar-refractivity contribution is 0.0955. The Morgan fingerprint density at radius 1 is 1.11 bits per heavy atom.